The third kappa shape index (κ3) is 3.66. The second-order valence-corrected chi connectivity index (χ2v) is 7.34. The lowest BCUT2D eigenvalue weighted by atomic mass is 9.85. The molecule has 4 rings (SSSR count). The van der Waals surface area contributed by atoms with E-state index in [0.717, 1.165) is 57.2 Å². The third-order valence-electron chi connectivity index (χ3n) is 5.61. The van der Waals surface area contributed by atoms with Gasteiger partial charge in [0.05, 0.1) is 17.8 Å². The molecule has 0 bridgehead atoms. The van der Waals surface area contributed by atoms with Crippen LogP contribution in [0.1, 0.15) is 49.4 Å². The zero-order chi connectivity index (χ0) is 19.5. The number of fused-ring (bicyclic) bond motifs is 1. The van der Waals surface area contributed by atoms with Gasteiger partial charge in [0.25, 0.3) is 5.91 Å². The number of carbonyl (C=O) groups is 2. The Morgan fingerprint density at radius 2 is 2.00 bits per heavy atom. The quantitative estimate of drug-likeness (QED) is 0.747. The number of amides is 2. The largest absolute Gasteiger partial charge is 0.381 e. The normalized spacial score (nSPS) is 17.9. The highest BCUT2D eigenvalue weighted by Crippen LogP contribution is 2.26. The summed E-state index contributed by atoms with van der Waals surface area (Å²) in [5, 5.41) is 7.47. The Morgan fingerprint density at radius 1 is 1.21 bits per heavy atom. The lowest BCUT2D eigenvalue weighted by Gasteiger charge is -2.34. The Morgan fingerprint density at radius 3 is 2.68 bits per heavy atom. The Bertz CT molecular complexity index is 856. The molecule has 1 saturated heterocycles. The number of pyridine rings is 1. The second-order valence-electron chi connectivity index (χ2n) is 7.34. The van der Waals surface area contributed by atoms with Crippen LogP contribution < -0.4 is 15.9 Å². The highest BCUT2D eigenvalue weighted by Gasteiger charge is 2.26. The van der Waals surface area contributed by atoms with Crippen LogP contribution in [0.2, 0.25) is 0 Å². The van der Waals surface area contributed by atoms with Crippen molar-refractivity contribution in [3.8, 4) is 0 Å². The first-order valence-electron chi connectivity index (χ1n) is 9.96. The molecule has 0 aromatic carbocycles. The number of hydrogen-bond acceptors (Lipinski definition) is 6. The molecule has 0 spiro atoms. The molecule has 2 fully saturated rings. The van der Waals surface area contributed by atoms with Gasteiger partial charge in [-0.15, -0.1) is 0 Å². The van der Waals surface area contributed by atoms with Gasteiger partial charge in [-0.3, -0.25) is 25.4 Å². The highest BCUT2D eigenvalue weighted by atomic mass is 16.5. The number of aromatic nitrogens is 3. The maximum absolute atomic E-state index is 12.3. The molecule has 3 heterocycles. The average Bonchev–Trinajstić information content (AvgIpc) is 3.09. The molecule has 0 atom stereocenters. The van der Waals surface area contributed by atoms with Crippen molar-refractivity contribution in [1.29, 1.82) is 0 Å². The molecule has 2 N–H and O–H groups in total. The van der Waals surface area contributed by atoms with Crippen LogP contribution in [0.4, 0.5) is 0 Å². The number of hydrazine groups is 1. The summed E-state index contributed by atoms with van der Waals surface area (Å²) < 4.78 is 5.46. The van der Waals surface area contributed by atoms with Gasteiger partial charge in [0.1, 0.15) is 0 Å². The maximum Gasteiger partial charge on any atom is 0.271 e. The van der Waals surface area contributed by atoms with Gasteiger partial charge in [0.2, 0.25) is 5.91 Å². The molecule has 2 aromatic heterocycles. The Labute approximate surface area is 163 Å². The minimum Gasteiger partial charge on any atom is -0.381 e. The summed E-state index contributed by atoms with van der Waals surface area (Å²) in [6.07, 6.45) is 7.98. The molecule has 1 aliphatic heterocycles. The van der Waals surface area contributed by atoms with Gasteiger partial charge in [-0.2, -0.15) is 9.89 Å². The number of carbonyl (C=O) groups excluding carboxylic acids is 2. The van der Waals surface area contributed by atoms with E-state index in [1.54, 1.807) is 12.3 Å². The van der Waals surface area contributed by atoms with Gasteiger partial charge in [-0.25, -0.2) is 4.98 Å². The van der Waals surface area contributed by atoms with Crippen LogP contribution in [0.3, 0.4) is 0 Å². The van der Waals surface area contributed by atoms with E-state index >= 15 is 0 Å². The van der Waals surface area contributed by atoms with Crippen LogP contribution in [0.5, 0.6) is 0 Å². The molecule has 9 heteroatoms. The SMILES string of the molecule is CCN(C1CCOCC1)n1ncc2cc(C(=O)NNC(=O)C3CCC3)cnc21. The first-order chi connectivity index (χ1) is 13.7. The van der Waals surface area contributed by atoms with Gasteiger partial charge in [0.15, 0.2) is 5.65 Å². The fourth-order valence-electron chi connectivity index (χ4n) is 3.71. The molecule has 2 aliphatic rings. The van der Waals surface area contributed by atoms with Crippen molar-refractivity contribution in [2.45, 2.75) is 45.1 Å². The monoisotopic (exact) mass is 386 g/mol. The van der Waals surface area contributed by atoms with Gasteiger partial charge in [-0.1, -0.05) is 6.42 Å². The van der Waals surface area contributed by atoms with Crippen molar-refractivity contribution in [2.24, 2.45) is 5.92 Å². The highest BCUT2D eigenvalue weighted by molar-refractivity contribution is 5.97. The van der Waals surface area contributed by atoms with E-state index in [2.05, 4.69) is 32.9 Å². The molecular weight excluding hydrogens is 360 g/mol. The summed E-state index contributed by atoms with van der Waals surface area (Å²) >= 11 is 0. The lowest BCUT2D eigenvalue weighted by molar-refractivity contribution is -0.128. The van der Waals surface area contributed by atoms with Crippen LogP contribution >= 0.6 is 0 Å². The predicted octanol–water partition coefficient (Wildman–Crippen LogP) is 1.13. The number of nitrogens with one attached hydrogen (secondary N) is 2. The van der Waals surface area contributed by atoms with E-state index in [-0.39, 0.29) is 17.7 Å². The maximum atomic E-state index is 12.3. The molecular formula is C19H26N6O3. The minimum atomic E-state index is -0.383. The Balaban J connectivity index is 1.47. The summed E-state index contributed by atoms with van der Waals surface area (Å²) in [6, 6.07) is 2.10. The fourth-order valence-corrected chi connectivity index (χ4v) is 3.71. The van der Waals surface area contributed by atoms with Crippen LogP contribution in [-0.4, -0.2) is 52.5 Å². The molecule has 150 valence electrons. The average molecular weight is 386 g/mol. The van der Waals surface area contributed by atoms with E-state index in [1.807, 2.05) is 4.79 Å². The molecule has 9 nitrogen and oxygen atoms in total. The van der Waals surface area contributed by atoms with E-state index in [0.29, 0.717) is 17.3 Å². The van der Waals surface area contributed by atoms with Gasteiger partial charge in [-0.05, 0) is 38.7 Å². The zero-order valence-electron chi connectivity index (χ0n) is 16.1. The summed E-state index contributed by atoms with van der Waals surface area (Å²) in [5.74, 6) is -0.493. The van der Waals surface area contributed by atoms with Crippen LogP contribution in [0.15, 0.2) is 18.5 Å². The smallest absolute Gasteiger partial charge is 0.271 e. The molecule has 0 radical (unpaired) electrons. The summed E-state index contributed by atoms with van der Waals surface area (Å²) in [6.45, 7) is 4.41. The van der Waals surface area contributed by atoms with Crippen LogP contribution in [0.25, 0.3) is 11.0 Å². The summed E-state index contributed by atoms with van der Waals surface area (Å²) in [4.78, 5) is 30.5. The Hall–Kier alpha value is -2.68. The van der Waals surface area contributed by atoms with E-state index in [9.17, 15) is 9.59 Å². The van der Waals surface area contributed by atoms with E-state index < -0.39 is 0 Å². The molecule has 1 aliphatic carbocycles. The molecule has 28 heavy (non-hydrogen) atoms. The molecule has 0 unspecified atom stereocenters. The van der Waals surface area contributed by atoms with Crippen molar-refractivity contribution in [3.63, 3.8) is 0 Å². The zero-order valence-corrected chi connectivity index (χ0v) is 16.1. The fraction of sp³-hybridized carbons (Fsp3) is 0.579. The number of rotatable bonds is 5. The lowest BCUT2D eigenvalue weighted by Crippen LogP contribution is -2.47. The van der Waals surface area contributed by atoms with Crippen molar-refractivity contribution in [2.75, 3.05) is 24.8 Å². The van der Waals surface area contributed by atoms with E-state index in [4.69, 9.17) is 4.74 Å². The third-order valence-corrected chi connectivity index (χ3v) is 5.61. The first-order valence-corrected chi connectivity index (χ1v) is 9.96. The molecule has 2 aromatic rings. The molecule has 1 saturated carbocycles. The summed E-state index contributed by atoms with van der Waals surface area (Å²) in [7, 11) is 0. The van der Waals surface area contributed by atoms with Crippen molar-refractivity contribution in [1.82, 2.24) is 25.7 Å². The standard InChI is InChI=1S/C19H26N6O3/c1-2-24(16-6-8-28-9-7-16)25-17-14(12-21-25)10-15(11-20-17)19(27)23-22-18(26)13-4-3-5-13/h10-13,16H,2-9H2,1H3,(H,22,26)(H,23,27). The van der Waals surface area contributed by atoms with Crippen LogP contribution in [-0.2, 0) is 9.53 Å². The molecule has 2 amide bonds. The Kier molecular flexibility index (Phi) is 5.43. The van der Waals surface area contributed by atoms with Crippen molar-refractivity contribution < 1.29 is 14.3 Å². The van der Waals surface area contributed by atoms with E-state index in [1.165, 1.54) is 6.20 Å². The number of ether oxygens (including phenoxy) is 1. The van der Waals surface area contributed by atoms with Crippen molar-refractivity contribution in [3.05, 3.63) is 24.0 Å². The van der Waals surface area contributed by atoms with Crippen molar-refractivity contribution >= 4 is 22.8 Å². The number of hydrogen-bond donors (Lipinski definition) is 2. The first kappa shape index (κ1) is 18.7. The van der Waals surface area contributed by atoms with Gasteiger partial charge in [0, 0.05) is 37.3 Å². The second kappa shape index (κ2) is 8.14. The van der Waals surface area contributed by atoms with Gasteiger partial charge < -0.3 is 4.74 Å². The van der Waals surface area contributed by atoms with Gasteiger partial charge >= 0.3 is 0 Å². The minimum absolute atomic E-state index is 0.0179. The topological polar surface area (TPSA) is 101 Å². The summed E-state index contributed by atoms with van der Waals surface area (Å²) in [5.41, 5.74) is 6.07. The van der Waals surface area contributed by atoms with Crippen LogP contribution in [0, 0.1) is 5.92 Å². The predicted molar refractivity (Wildman–Crippen MR) is 103 cm³/mol. The number of nitrogens with zero attached hydrogens (tertiary/aromatic N) is 4.